The average molecular weight is 401 g/mol. The standard InChI is InChI=1S/C18H20ClF3N4O/c1-11(12-3-5-13(19)6-4-12)23-16(27)10-26-15-9-25(2)8-7-14(15)17(24-26)18(20,21)22/h3-6,11H,7-10H2,1-2H3,(H,23,27). The fraction of sp³-hybridized carbons (Fsp3) is 0.444. The van der Waals surface area contributed by atoms with Gasteiger partial charge in [-0.05, 0) is 38.1 Å². The van der Waals surface area contributed by atoms with E-state index in [1.807, 2.05) is 11.9 Å². The lowest BCUT2D eigenvalue weighted by Crippen LogP contribution is -2.33. The molecule has 27 heavy (non-hydrogen) atoms. The van der Waals surface area contributed by atoms with E-state index in [1.54, 1.807) is 31.2 Å². The third-order valence-electron chi connectivity index (χ3n) is 4.64. The number of carbonyl (C=O) groups excluding carboxylic acids is 1. The minimum Gasteiger partial charge on any atom is -0.348 e. The van der Waals surface area contributed by atoms with Gasteiger partial charge < -0.3 is 10.2 Å². The Kier molecular flexibility index (Phi) is 5.48. The number of carbonyl (C=O) groups is 1. The molecule has 2 aromatic rings. The van der Waals surface area contributed by atoms with Crippen LogP contribution in [0, 0.1) is 0 Å². The SMILES string of the molecule is CC(NC(=O)Cn1nc(C(F)(F)F)c2c1CN(C)CC2)c1ccc(Cl)cc1. The molecule has 1 aromatic heterocycles. The van der Waals surface area contributed by atoms with Crippen LogP contribution in [0.25, 0.3) is 0 Å². The first kappa shape index (κ1) is 19.7. The maximum absolute atomic E-state index is 13.3. The Morgan fingerprint density at radius 2 is 2.00 bits per heavy atom. The van der Waals surface area contributed by atoms with Crippen LogP contribution in [-0.2, 0) is 30.5 Å². The van der Waals surface area contributed by atoms with E-state index in [0.29, 0.717) is 23.8 Å². The van der Waals surface area contributed by atoms with E-state index < -0.39 is 17.8 Å². The van der Waals surface area contributed by atoms with Crippen LogP contribution >= 0.6 is 11.6 Å². The number of rotatable bonds is 4. The Balaban J connectivity index is 1.77. The second-order valence-electron chi connectivity index (χ2n) is 6.76. The lowest BCUT2D eigenvalue weighted by atomic mass is 10.0. The maximum atomic E-state index is 13.3. The molecule has 1 N–H and O–H groups in total. The highest BCUT2D eigenvalue weighted by atomic mass is 35.5. The highest BCUT2D eigenvalue weighted by molar-refractivity contribution is 6.30. The van der Waals surface area contributed by atoms with E-state index in [-0.39, 0.29) is 24.6 Å². The first-order valence-electron chi connectivity index (χ1n) is 8.54. The van der Waals surface area contributed by atoms with Gasteiger partial charge in [0.25, 0.3) is 0 Å². The van der Waals surface area contributed by atoms with E-state index in [1.165, 1.54) is 4.68 Å². The maximum Gasteiger partial charge on any atom is 0.435 e. The van der Waals surface area contributed by atoms with Crippen molar-refractivity contribution in [3.05, 3.63) is 51.8 Å². The van der Waals surface area contributed by atoms with Crippen molar-refractivity contribution < 1.29 is 18.0 Å². The predicted octanol–water partition coefficient (Wildman–Crippen LogP) is 3.42. The van der Waals surface area contributed by atoms with Gasteiger partial charge in [-0.2, -0.15) is 18.3 Å². The minimum atomic E-state index is -4.53. The molecule has 0 saturated heterocycles. The van der Waals surface area contributed by atoms with E-state index in [0.717, 1.165) is 5.56 Å². The second kappa shape index (κ2) is 7.52. The first-order valence-corrected chi connectivity index (χ1v) is 8.92. The molecule has 0 radical (unpaired) electrons. The smallest absolute Gasteiger partial charge is 0.348 e. The molecule has 1 atom stereocenters. The van der Waals surface area contributed by atoms with Crippen molar-refractivity contribution in [1.29, 1.82) is 0 Å². The van der Waals surface area contributed by atoms with Gasteiger partial charge in [0.1, 0.15) is 6.54 Å². The quantitative estimate of drug-likeness (QED) is 0.855. The summed E-state index contributed by atoms with van der Waals surface area (Å²) in [4.78, 5) is 14.3. The van der Waals surface area contributed by atoms with Crippen LogP contribution in [0.4, 0.5) is 13.2 Å². The van der Waals surface area contributed by atoms with Crippen LogP contribution in [0.15, 0.2) is 24.3 Å². The number of alkyl halides is 3. The van der Waals surface area contributed by atoms with Gasteiger partial charge in [-0.1, -0.05) is 23.7 Å². The summed E-state index contributed by atoms with van der Waals surface area (Å²) in [6, 6.07) is 6.72. The molecule has 0 bridgehead atoms. The number of nitrogens with one attached hydrogen (secondary N) is 1. The monoisotopic (exact) mass is 400 g/mol. The van der Waals surface area contributed by atoms with E-state index >= 15 is 0 Å². The van der Waals surface area contributed by atoms with Gasteiger partial charge in [0.2, 0.25) is 5.91 Å². The Morgan fingerprint density at radius 1 is 1.33 bits per heavy atom. The summed E-state index contributed by atoms with van der Waals surface area (Å²) < 4.78 is 41.0. The number of nitrogens with zero attached hydrogens (tertiary/aromatic N) is 3. The molecule has 0 aliphatic carbocycles. The van der Waals surface area contributed by atoms with E-state index in [2.05, 4.69) is 10.4 Å². The topological polar surface area (TPSA) is 50.2 Å². The van der Waals surface area contributed by atoms with Gasteiger partial charge in [0.05, 0.1) is 11.7 Å². The number of hydrogen-bond donors (Lipinski definition) is 1. The van der Waals surface area contributed by atoms with Crippen LogP contribution in [0.5, 0.6) is 0 Å². The Labute approximate surface area is 160 Å². The Bertz CT molecular complexity index is 832. The van der Waals surface area contributed by atoms with E-state index in [9.17, 15) is 18.0 Å². The van der Waals surface area contributed by atoms with Gasteiger partial charge >= 0.3 is 6.18 Å². The van der Waals surface area contributed by atoms with Crippen molar-refractivity contribution >= 4 is 17.5 Å². The zero-order chi connectivity index (χ0) is 19.8. The first-order chi connectivity index (χ1) is 12.6. The van der Waals surface area contributed by atoms with Crippen LogP contribution in [0.3, 0.4) is 0 Å². The van der Waals surface area contributed by atoms with Gasteiger partial charge in [0, 0.05) is 23.7 Å². The number of aromatic nitrogens is 2. The molecular formula is C18H20ClF3N4O. The largest absolute Gasteiger partial charge is 0.435 e. The summed E-state index contributed by atoms with van der Waals surface area (Å²) in [6.07, 6.45) is -4.26. The molecule has 5 nitrogen and oxygen atoms in total. The molecule has 1 aromatic carbocycles. The molecule has 0 fully saturated rings. The number of amides is 1. The summed E-state index contributed by atoms with van der Waals surface area (Å²) in [5.41, 5.74) is 0.611. The van der Waals surface area contributed by atoms with E-state index in [4.69, 9.17) is 11.6 Å². The summed E-state index contributed by atoms with van der Waals surface area (Å²) in [5, 5.41) is 7.10. The van der Waals surface area contributed by atoms with Crippen molar-refractivity contribution in [2.75, 3.05) is 13.6 Å². The van der Waals surface area contributed by atoms with Crippen LogP contribution < -0.4 is 5.32 Å². The third kappa shape index (κ3) is 4.44. The fourth-order valence-corrected chi connectivity index (χ4v) is 3.35. The molecular weight excluding hydrogens is 381 g/mol. The molecule has 0 saturated carbocycles. The summed E-state index contributed by atoms with van der Waals surface area (Å²) >= 11 is 5.85. The molecule has 146 valence electrons. The average Bonchev–Trinajstić information content (AvgIpc) is 2.93. The Morgan fingerprint density at radius 3 is 2.63 bits per heavy atom. The van der Waals surface area contributed by atoms with Crippen molar-refractivity contribution in [3.63, 3.8) is 0 Å². The van der Waals surface area contributed by atoms with Crippen LogP contribution in [-0.4, -0.2) is 34.2 Å². The number of fused-ring (bicyclic) bond motifs is 1. The molecule has 1 unspecified atom stereocenters. The number of benzene rings is 1. The van der Waals surface area contributed by atoms with Crippen molar-refractivity contribution in [2.45, 2.75) is 38.7 Å². The number of hydrogen-bond acceptors (Lipinski definition) is 3. The molecule has 1 amide bonds. The summed E-state index contributed by atoms with van der Waals surface area (Å²) in [7, 11) is 1.83. The molecule has 9 heteroatoms. The molecule has 2 heterocycles. The van der Waals surface area contributed by atoms with Gasteiger partial charge in [0.15, 0.2) is 5.69 Å². The minimum absolute atomic E-state index is 0.194. The van der Waals surface area contributed by atoms with Gasteiger partial charge in [-0.15, -0.1) is 0 Å². The highest BCUT2D eigenvalue weighted by Gasteiger charge is 2.40. The van der Waals surface area contributed by atoms with Crippen molar-refractivity contribution in [1.82, 2.24) is 20.0 Å². The molecule has 1 aliphatic rings. The van der Waals surface area contributed by atoms with Crippen molar-refractivity contribution in [2.24, 2.45) is 0 Å². The van der Waals surface area contributed by atoms with Gasteiger partial charge in [-0.25, -0.2) is 0 Å². The summed E-state index contributed by atoms with van der Waals surface area (Å²) in [6.45, 7) is 2.40. The lowest BCUT2D eigenvalue weighted by Gasteiger charge is -2.24. The normalized spacial score (nSPS) is 16.1. The van der Waals surface area contributed by atoms with Crippen LogP contribution in [0.2, 0.25) is 5.02 Å². The number of halogens is 4. The zero-order valence-electron chi connectivity index (χ0n) is 15.0. The second-order valence-corrected chi connectivity index (χ2v) is 7.19. The highest BCUT2D eigenvalue weighted by Crippen LogP contribution is 2.34. The van der Waals surface area contributed by atoms with Crippen LogP contribution in [0.1, 0.15) is 35.5 Å². The zero-order valence-corrected chi connectivity index (χ0v) is 15.7. The molecule has 3 rings (SSSR count). The van der Waals surface area contributed by atoms with Crippen molar-refractivity contribution in [3.8, 4) is 0 Å². The molecule has 0 spiro atoms. The molecule has 1 aliphatic heterocycles. The number of likely N-dealkylation sites (N-methyl/N-ethyl adjacent to an activating group) is 1. The predicted molar refractivity (Wildman–Crippen MR) is 95.3 cm³/mol. The van der Waals surface area contributed by atoms with Gasteiger partial charge in [-0.3, -0.25) is 9.48 Å². The third-order valence-corrected chi connectivity index (χ3v) is 4.89. The lowest BCUT2D eigenvalue weighted by molar-refractivity contribution is -0.142. The Hall–Kier alpha value is -2.06. The fourth-order valence-electron chi connectivity index (χ4n) is 3.23. The summed E-state index contributed by atoms with van der Waals surface area (Å²) in [5.74, 6) is -0.398.